The summed E-state index contributed by atoms with van der Waals surface area (Å²) in [6.07, 6.45) is 0.798. The molecule has 0 aliphatic carbocycles. The number of nitrogens with zero attached hydrogens (tertiary/aromatic N) is 2. The van der Waals surface area contributed by atoms with E-state index in [4.69, 9.17) is 16.3 Å². The van der Waals surface area contributed by atoms with Crippen LogP contribution in [0.2, 0.25) is 5.02 Å². The summed E-state index contributed by atoms with van der Waals surface area (Å²) in [5.41, 5.74) is 2.32. The molecule has 1 saturated heterocycles. The summed E-state index contributed by atoms with van der Waals surface area (Å²) in [5.74, 6) is -0.646. The highest BCUT2D eigenvalue weighted by Gasteiger charge is 2.46. The van der Waals surface area contributed by atoms with Crippen molar-refractivity contribution in [1.29, 1.82) is 0 Å². The smallest absolute Gasteiger partial charge is 0.295 e. The first-order chi connectivity index (χ1) is 15.8. The monoisotopic (exact) mass is 468 g/mol. The normalized spacial score (nSPS) is 21.5. The number of hydrogen-bond acceptors (Lipinski definition) is 5. The molecular weight excluding hydrogens is 440 g/mol. The van der Waals surface area contributed by atoms with Gasteiger partial charge in [-0.3, -0.25) is 9.59 Å². The van der Waals surface area contributed by atoms with Crippen LogP contribution in [0.25, 0.3) is 5.76 Å². The number of carbonyl (C=O) groups excluding carboxylic acids is 2. The quantitative estimate of drug-likeness (QED) is 0.370. The van der Waals surface area contributed by atoms with E-state index in [2.05, 4.69) is 18.7 Å². The van der Waals surface area contributed by atoms with Crippen molar-refractivity contribution in [2.45, 2.75) is 39.3 Å². The van der Waals surface area contributed by atoms with Gasteiger partial charge in [-0.05, 0) is 61.5 Å². The van der Waals surface area contributed by atoms with E-state index in [9.17, 15) is 14.7 Å². The third-order valence-corrected chi connectivity index (χ3v) is 6.70. The number of ether oxygens (including phenoxy) is 1. The topological polar surface area (TPSA) is 70.1 Å². The Morgan fingerprint density at radius 2 is 1.85 bits per heavy atom. The second kappa shape index (κ2) is 9.57. The Bertz CT molecular complexity index is 1090. The molecule has 33 heavy (non-hydrogen) atoms. The second-order valence-electron chi connectivity index (χ2n) is 8.53. The Labute approximate surface area is 199 Å². The maximum absolute atomic E-state index is 13.2. The van der Waals surface area contributed by atoms with Crippen molar-refractivity contribution in [2.75, 3.05) is 26.2 Å². The van der Waals surface area contributed by atoms with Crippen LogP contribution in [0.4, 0.5) is 0 Å². The Hall–Kier alpha value is -2.83. The molecule has 0 spiro atoms. The van der Waals surface area contributed by atoms with Crippen molar-refractivity contribution in [1.82, 2.24) is 9.80 Å². The molecular formula is C26H29ClN2O4. The van der Waals surface area contributed by atoms with E-state index < -0.39 is 17.7 Å². The fraction of sp³-hybridized carbons (Fsp3) is 0.385. The standard InChI is InChI=1S/C26H29ClN2O4/c1-4-28(5-2)12-13-29-23(17-6-9-20(27)10-7-17)22(25(31)26(29)32)24(30)18-8-11-21-19(15-18)14-16(3)33-21/h6-11,15-16,23,30H,4-5,12-14H2,1-3H3/b24-22-. The van der Waals surface area contributed by atoms with Crippen LogP contribution >= 0.6 is 11.6 Å². The van der Waals surface area contributed by atoms with Crippen molar-refractivity contribution in [3.63, 3.8) is 0 Å². The molecule has 7 heteroatoms. The molecule has 6 nitrogen and oxygen atoms in total. The summed E-state index contributed by atoms with van der Waals surface area (Å²) in [6.45, 7) is 8.83. The molecule has 2 aliphatic heterocycles. The van der Waals surface area contributed by atoms with Crippen molar-refractivity contribution < 1.29 is 19.4 Å². The molecule has 2 heterocycles. The number of fused-ring (bicyclic) bond motifs is 1. The van der Waals surface area contributed by atoms with Crippen LogP contribution in [0.15, 0.2) is 48.0 Å². The molecule has 0 radical (unpaired) electrons. The number of halogens is 1. The number of likely N-dealkylation sites (N-methyl/N-ethyl adjacent to an activating group) is 1. The van der Waals surface area contributed by atoms with Gasteiger partial charge in [0.2, 0.25) is 0 Å². The molecule has 2 aromatic rings. The average molecular weight is 469 g/mol. The van der Waals surface area contributed by atoms with Crippen LogP contribution < -0.4 is 4.74 Å². The number of hydrogen-bond donors (Lipinski definition) is 1. The lowest BCUT2D eigenvalue weighted by molar-refractivity contribution is -0.140. The fourth-order valence-electron chi connectivity index (χ4n) is 4.62. The van der Waals surface area contributed by atoms with Crippen LogP contribution in [0.3, 0.4) is 0 Å². The number of rotatable bonds is 7. The SMILES string of the molecule is CCN(CC)CCN1C(=O)C(=O)/C(=C(\O)c2ccc3c(c2)CC(C)O3)C1c1ccc(Cl)cc1. The van der Waals surface area contributed by atoms with Gasteiger partial charge in [0.05, 0.1) is 11.6 Å². The zero-order valence-electron chi connectivity index (χ0n) is 19.2. The first-order valence-electron chi connectivity index (χ1n) is 11.4. The zero-order valence-corrected chi connectivity index (χ0v) is 19.9. The van der Waals surface area contributed by atoms with Crippen LogP contribution in [0.1, 0.15) is 43.5 Å². The molecule has 0 bridgehead atoms. The highest BCUT2D eigenvalue weighted by Crippen LogP contribution is 2.40. The molecule has 2 aromatic carbocycles. The molecule has 4 rings (SSSR count). The van der Waals surface area contributed by atoms with Crippen molar-refractivity contribution in [2.24, 2.45) is 0 Å². The number of amides is 1. The highest BCUT2D eigenvalue weighted by atomic mass is 35.5. The summed E-state index contributed by atoms with van der Waals surface area (Å²) < 4.78 is 5.76. The Balaban J connectivity index is 1.77. The van der Waals surface area contributed by atoms with Gasteiger partial charge >= 0.3 is 0 Å². The van der Waals surface area contributed by atoms with Crippen LogP contribution in [0.5, 0.6) is 5.75 Å². The van der Waals surface area contributed by atoms with E-state index in [1.807, 2.05) is 19.1 Å². The third-order valence-electron chi connectivity index (χ3n) is 6.45. The van der Waals surface area contributed by atoms with Gasteiger partial charge in [0.25, 0.3) is 11.7 Å². The lowest BCUT2D eigenvalue weighted by atomic mass is 9.94. The van der Waals surface area contributed by atoms with Crippen LogP contribution in [0, 0.1) is 0 Å². The first kappa shape index (κ1) is 23.3. The zero-order chi connectivity index (χ0) is 23.7. The lowest BCUT2D eigenvalue weighted by Crippen LogP contribution is -2.38. The number of ketones is 1. The summed E-state index contributed by atoms with van der Waals surface area (Å²) in [5, 5.41) is 11.8. The van der Waals surface area contributed by atoms with Crippen molar-refractivity contribution in [3.05, 3.63) is 69.8 Å². The van der Waals surface area contributed by atoms with E-state index in [1.165, 1.54) is 0 Å². The average Bonchev–Trinajstić information content (AvgIpc) is 3.30. The molecule has 1 N–H and O–H groups in total. The van der Waals surface area contributed by atoms with Gasteiger partial charge < -0.3 is 19.6 Å². The largest absolute Gasteiger partial charge is 0.507 e. The fourth-order valence-corrected chi connectivity index (χ4v) is 4.74. The molecule has 2 unspecified atom stereocenters. The molecule has 1 amide bonds. The highest BCUT2D eigenvalue weighted by molar-refractivity contribution is 6.46. The second-order valence-corrected chi connectivity index (χ2v) is 8.96. The van der Waals surface area contributed by atoms with Crippen molar-refractivity contribution in [3.8, 4) is 5.75 Å². The van der Waals surface area contributed by atoms with Crippen LogP contribution in [-0.4, -0.2) is 58.9 Å². The Morgan fingerprint density at radius 3 is 2.52 bits per heavy atom. The third kappa shape index (κ3) is 4.50. The maximum Gasteiger partial charge on any atom is 0.295 e. The summed E-state index contributed by atoms with van der Waals surface area (Å²) in [7, 11) is 0. The lowest BCUT2D eigenvalue weighted by Gasteiger charge is -2.28. The van der Waals surface area contributed by atoms with Crippen molar-refractivity contribution >= 4 is 29.1 Å². The predicted molar refractivity (Wildman–Crippen MR) is 128 cm³/mol. The minimum Gasteiger partial charge on any atom is -0.507 e. The number of benzene rings is 2. The number of aliphatic hydroxyl groups excluding tert-OH is 1. The molecule has 1 fully saturated rings. The molecule has 0 aromatic heterocycles. The predicted octanol–water partition coefficient (Wildman–Crippen LogP) is 4.43. The van der Waals surface area contributed by atoms with Crippen LogP contribution in [-0.2, 0) is 16.0 Å². The Kier molecular flexibility index (Phi) is 6.77. The number of carbonyl (C=O) groups is 2. The number of Topliss-reactive ketones (excluding diaryl/α,β-unsaturated/α-hetero) is 1. The van der Waals surface area contributed by atoms with Gasteiger partial charge in [0.15, 0.2) is 0 Å². The van der Waals surface area contributed by atoms with Gasteiger partial charge in [-0.25, -0.2) is 0 Å². The van der Waals surface area contributed by atoms with E-state index in [-0.39, 0.29) is 17.4 Å². The maximum atomic E-state index is 13.2. The van der Waals surface area contributed by atoms with Gasteiger partial charge in [0, 0.05) is 30.1 Å². The molecule has 0 saturated carbocycles. The number of likely N-dealkylation sites (tertiary alicyclic amines) is 1. The van der Waals surface area contributed by atoms with E-state index >= 15 is 0 Å². The first-order valence-corrected chi connectivity index (χ1v) is 11.8. The summed E-state index contributed by atoms with van der Waals surface area (Å²) in [6, 6.07) is 11.8. The van der Waals surface area contributed by atoms with Gasteiger partial charge in [-0.2, -0.15) is 0 Å². The molecule has 174 valence electrons. The summed E-state index contributed by atoms with van der Waals surface area (Å²) >= 11 is 6.09. The minimum atomic E-state index is -0.679. The van der Waals surface area contributed by atoms with Gasteiger partial charge in [-0.15, -0.1) is 0 Å². The molecule has 2 atom stereocenters. The Morgan fingerprint density at radius 1 is 1.15 bits per heavy atom. The number of aliphatic hydroxyl groups is 1. The van der Waals surface area contributed by atoms with Gasteiger partial charge in [0.1, 0.15) is 17.6 Å². The minimum absolute atomic E-state index is 0.0668. The van der Waals surface area contributed by atoms with E-state index in [1.54, 1.807) is 35.2 Å². The van der Waals surface area contributed by atoms with Gasteiger partial charge in [-0.1, -0.05) is 37.6 Å². The van der Waals surface area contributed by atoms with E-state index in [0.717, 1.165) is 36.4 Å². The summed E-state index contributed by atoms with van der Waals surface area (Å²) in [4.78, 5) is 30.0. The molecule has 2 aliphatic rings. The van der Waals surface area contributed by atoms with E-state index in [0.29, 0.717) is 23.7 Å².